The topological polar surface area (TPSA) is 69.7 Å². The van der Waals surface area contributed by atoms with Crippen LogP contribution in [0.15, 0.2) is 0 Å². The van der Waals surface area contributed by atoms with E-state index in [0.717, 1.165) is 38.4 Å². The molecule has 0 radical (unpaired) electrons. The Kier molecular flexibility index (Phi) is 5.44. The van der Waals surface area contributed by atoms with Gasteiger partial charge in [0.05, 0.1) is 5.41 Å². The fraction of sp³-hybridized carbons (Fsp3) is 0.870. The van der Waals surface area contributed by atoms with E-state index in [-0.39, 0.29) is 34.8 Å². The minimum Gasteiger partial charge on any atom is -0.462 e. The van der Waals surface area contributed by atoms with Crippen LogP contribution in [0.3, 0.4) is 0 Å². The molecule has 3 aliphatic carbocycles. The average Bonchev–Trinajstić information content (AvgIpc) is 3.06. The fourth-order valence-electron chi connectivity index (χ4n) is 7.29. The number of esters is 2. The first-order chi connectivity index (χ1) is 13.0. The quantitative estimate of drug-likeness (QED) is 0.528. The first-order valence-electron chi connectivity index (χ1n) is 10.8. The molecule has 2 bridgehead atoms. The lowest BCUT2D eigenvalue weighted by atomic mass is 9.44. The van der Waals surface area contributed by atoms with Crippen LogP contribution in [0.5, 0.6) is 0 Å². The zero-order valence-corrected chi connectivity index (χ0v) is 18.2. The number of aldehydes is 1. The molecular weight excluding hydrogens is 356 g/mol. The van der Waals surface area contributed by atoms with E-state index in [0.29, 0.717) is 18.3 Å². The van der Waals surface area contributed by atoms with Gasteiger partial charge in [-0.3, -0.25) is 9.59 Å². The van der Waals surface area contributed by atoms with Crippen LogP contribution in [0.25, 0.3) is 0 Å². The van der Waals surface area contributed by atoms with E-state index in [1.807, 2.05) is 6.92 Å². The summed E-state index contributed by atoms with van der Waals surface area (Å²) in [6.07, 6.45) is 5.94. The molecule has 0 spiro atoms. The van der Waals surface area contributed by atoms with Gasteiger partial charge in [-0.05, 0) is 49.9 Å². The number of hydrogen-bond acceptors (Lipinski definition) is 5. The molecule has 28 heavy (non-hydrogen) atoms. The summed E-state index contributed by atoms with van der Waals surface area (Å²) in [4.78, 5) is 36.4. The maximum absolute atomic E-state index is 12.4. The fourth-order valence-corrected chi connectivity index (χ4v) is 7.29. The standard InChI is InChI=1S/C23H36O5/c1-14-9-11-23-10-7-8-18(23)22(14,6)19(27-16(3)25)12-21(5,13-24)20(15(23)2)28-17(4)26/h13-15,18-20H,7-12H2,1-6H3. The molecule has 5 heteroatoms. The first-order valence-corrected chi connectivity index (χ1v) is 10.8. The van der Waals surface area contributed by atoms with Crippen LogP contribution in [0.2, 0.25) is 0 Å². The van der Waals surface area contributed by atoms with E-state index in [9.17, 15) is 14.4 Å². The van der Waals surface area contributed by atoms with Gasteiger partial charge in [0, 0.05) is 31.6 Å². The van der Waals surface area contributed by atoms with Crippen LogP contribution in [-0.2, 0) is 23.9 Å². The second-order valence-electron chi connectivity index (χ2n) is 10.2. The molecular formula is C23H36O5. The zero-order chi connectivity index (χ0) is 20.9. The van der Waals surface area contributed by atoms with Gasteiger partial charge in [0.1, 0.15) is 18.5 Å². The molecule has 8 atom stereocenters. The smallest absolute Gasteiger partial charge is 0.302 e. The summed E-state index contributed by atoms with van der Waals surface area (Å²) in [5.41, 5.74) is -1.05. The second-order valence-corrected chi connectivity index (χ2v) is 10.2. The Morgan fingerprint density at radius 3 is 2.21 bits per heavy atom. The van der Waals surface area contributed by atoms with Crippen LogP contribution >= 0.6 is 0 Å². The van der Waals surface area contributed by atoms with Gasteiger partial charge in [0.15, 0.2) is 0 Å². The Balaban J connectivity index is 2.20. The Hall–Kier alpha value is -1.39. The molecule has 8 unspecified atom stereocenters. The lowest BCUT2D eigenvalue weighted by Crippen LogP contribution is -2.62. The van der Waals surface area contributed by atoms with Crippen molar-refractivity contribution in [1.82, 2.24) is 0 Å². The van der Waals surface area contributed by atoms with E-state index in [1.54, 1.807) is 0 Å². The van der Waals surface area contributed by atoms with Crippen molar-refractivity contribution >= 4 is 18.2 Å². The molecule has 0 heterocycles. The number of carbonyl (C=O) groups is 3. The average molecular weight is 393 g/mol. The van der Waals surface area contributed by atoms with Crippen molar-refractivity contribution in [3.05, 3.63) is 0 Å². The number of ether oxygens (including phenoxy) is 2. The molecule has 0 aromatic heterocycles. The summed E-state index contributed by atoms with van der Waals surface area (Å²) >= 11 is 0. The van der Waals surface area contributed by atoms with Crippen molar-refractivity contribution in [1.29, 1.82) is 0 Å². The van der Waals surface area contributed by atoms with Crippen molar-refractivity contribution in [3.8, 4) is 0 Å². The monoisotopic (exact) mass is 392 g/mol. The number of carbonyl (C=O) groups excluding carboxylic acids is 3. The predicted molar refractivity (Wildman–Crippen MR) is 105 cm³/mol. The molecule has 3 fully saturated rings. The van der Waals surface area contributed by atoms with E-state index >= 15 is 0 Å². The normalized spacial score (nSPS) is 48.0. The van der Waals surface area contributed by atoms with Gasteiger partial charge < -0.3 is 14.3 Å². The van der Waals surface area contributed by atoms with Gasteiger partial charge in [0.2, 0.25) is 0 Å². The van der Waals surface area contributed by atoms with Gasteiger partial charge in [-0.1, -0.05) is 27.2 Å². The van der Waals surface area contributed by atoms with Crippen LogP contribution in [0, 0.1) is 34.0 Å². The van der Waals surface area contributed by atoms with Crippen LogP contribution in [0.1, 0.15) is 80.1 Å². The highest BCUT2D eigenvalue weighted by Crippen LogP contribution is 2.69. The Bertz CT molecular complexity index is 659. The van der Waals surface area contributed by atoms with E-state index < -0.39 is 11.5 Å². The van der Waals surface area contributed by atoms with Crippen molar-refractivity contribution < 1.29 is 23.9 Å². The maximum atomic E-state index is 12.4. The maximum Gasteiger partial charge on any atom is 0.302 e. The third-order valence-electron chi connectivity index (χ3n) is 8.88. The molecule has 0 N–H and O–H groups in total. The second kappa shape index (κ2) is 7.14. The van der Waals surface area contributed by atoms with Gasteiger partial charge in [-0.15, -0.1) is 0 Å². The molecule has 0 saturated heterocycles. The zero-order valence-electron chi connectivity index (χ0n) is 18.2. The minimum absolute atomic E-state index is 0.0183. The summed E-state index contributed by atoms with van der Waals surface area (Å²) in [5.74, 6) is 0.230. The molecule has 158 valence electrons. The highest BCUT2D eigenvalue weighted by atomic mass is 16.6. The molecule has 3 aliphatic rings. The molecule has 5 nitrogen and oxygen atoms in total. The Labute approximate surface area is 168 Å². The van der Waals surface area contributed by atoms with Gasteiger partial charge >= 0.3 is 11.9 Å². The molecule has 0 aromatic carbocycles. The summed E-state index contributed by atoms with van der Waals surface area (Å²) in [6, 6.07) is 0. The highest BCUT2D eigenvalue weighted by Gasteiger charge is 2.66. The van der Waals surface area contributed by atoms with Gasteiger partial charge in [0.25, 0.3) is 0 Å². The van der Waals surface area contributed by atoms with Crippen molar-refractivity contribution in [2.75, 3.05) is 0 Å². The lowest BCUT2D eigenvalue weighted by molar-refractivity contribution is -0.216. The molecule has 3 rings (SSSR count). The van der Waals surface area contributed by atoms with Gasteiger partial charge in [-0.2, -0.15) is 0 Å². The first kappa shape index (κ1) is 21.3. The summed E-state index contributed by atoms with van der Waals surface area (Å²) in [5, 5.41) is 0. The summed E-state index contributed by atoms with van der Waals surface area (Å²) in [7, 11) is 0. The summed E-state index contributed by atoms with van der Waals surface area (Å²) < 4.78 is 11.8. The van der Waals surface area contributed by atoms with E-state index in [2.05, 4.69) is 20.8 Å². The Morgan fingerprint density at radius 2 is 1.64 bits per heavy atom. The molecule has 0 amide bonds. The third kappa shape index (κ3) is 3.00. The predicted octanol–water partition coefficient (Wildman–Crippen LogP) is 4.32. The number of rotatable bonds is 3. The molecule has 0 aliphatic heterocycles. The number of hydrogen-bond donors (Lipinski definition) is 0. The van der Waals surface area contributed by atoms with Crippen LogP contribution < -0.4 is 0 Å². The summed E-state index contributed by atoms with van der Waals surface area (Å²) in [6.45, 7) is 11.5. The van der Waals surface area contributed by atoms with Crippen molar-refractivity contribution in [3.63, 3.8) is 0 Å². The minimum atomic E-state index is -0.885. The van der Waals surface area contributed by atoms with Crippen molar-refractivity contribution in [2.24, 2.45) is 34.0 Å². The van der Waals surface area contributed by atoms with Gasteiger partial charge in [-0.25, -0.2) is 0 Å². The third-order valence-corrected chi connectivity index (χ3v) is 8.88. The van der Waals surface area contributed by atoms with Crippen LogP contribution in [-0.4, -0.2) is 30.4 Å². The lowest BCUT2D eigenvalue weighted by Gasteiger charge is -2.62. The van der Waals surface area contributed by atoms with Crippen LogP contribution in [0.4, 0.5) is 0 Å². The SMILES string of the molecule is CC(=O)OC1C(C)C23CCCC2C(C)(C(C)CC3)C(OC(C)=O)CC1(C)C=O. The Morgan fingerprint density at radius 1 is 1.00 bits per heavy atom. The van der Waals surface area contributed by atoms with E-state index in [1.165, 1.54) is 13.8 Å². The molecule has 0 aromatic rings. The largest absolute Gasteiger partial charge is 0.462 e. The van der Waals surface area contributed by atoms with Crippen molar-refractivity contribution in [2.45, 2.75) is 92.3 Å². The molecule has 3 saturated carbocycles. The van der Waals surface area contributed by atoms with E-state index in [4.69, 9.17) is 9.47 Å². The highest BCUT2D eigenvalue weighted by molar-refractivity contribution is 5.68.